The highest BCUT2D eigenvalue weighted by molar-refractivity contribution is 9.10. The number of esters is 2. The van der Waals surface area contributed by atoms with Crippen LogP contribution in [0.15, 0.2) is 58.1 Å². The second kappa shape index (κ2) is 11.1. The molecular formula is C24H25BrN2O6. The number of aromatic nitrogens is 2. The van der Waals surface area contributed by atoms with Gasteiger partial charge in [-0.15, -0.1) is 0 Å². The lowest BCUT2D eigenvalue weighted by Crippen LogP contribution is -2.41. The van der Waals surface area contributed by atoms with Gasteiger partial charge in [-0.1, -0.05) is 52.3 Å². The molecule has 0 N–H and O–H groups in total. The summed E-state index contributed by atoms with van der Waals surface area (Å²) in [4.78, 5) is 49.8. The minimum Gasteiger partial charge on any atom is -0.465 e. The molecule has 0 fully saturated rings. The number of halogens is 1. The number of alkyl halides is 1. The molecule has 8 nitrogen and oxygen atoms in total. The largest absolute Gasteiger partial charge is 0.465 e. The lowest BCUT2D eigenvalue weighted by molar-refractivity contribution is -0.144. The van der Waals surface area contributed by atoms with Gasteiger partial charge in [-0.05, 0) is 43.5 Å². The van der Waals surface area contributed by atoms with Crippen molar-refractivity contribution in [2.45, 2.75) is 38.2 Å². The Bertz CT molecular complexity index is 1280. The zero-order valence-electron chi connectivity index (χ0n) is 18.5. The number of hydrogen-bond donors (Lipinski definition) is 0. The molecule has 1 atom stereocenters. The Balaban J connectivity index is 1.98. The fourth-order valence-electron chi connectivity index (χ4n) is 3.56. The number of carbonyl (C=O) groups is 2. The summed E-state index contributed by atoms with van der Waals surface area (Å²) >= 11 is 3.34. The zero-order valence-corrected chi connectivity index (χ0v) is 20.0. The molecule has 3 rings (SSSR count). The Kier molecular flexibility index (Phi) is 8.21. The van der Waals surface area contributed by atoms with E-state index in [2.05, 4.69) is 15.9 Å². The van der Waals surface area contributed by atoms with E-state index >= 15 is 0 Å². The summed E-state index contributed by atoms with van der Waals surface area (Å²) in [6, 6.07) is 14.0. The SMILES string of the molecule is CCOC(=O)Cn1c(=O)n(Cc2cccc(CC(Br)C(=O)OCC)c2)c(=O)c2ccccc21. The second-order valence-electron chi connectivity index (χ2n) is 7.33. The summed E-state index contributed by atoms with van der Waals surface area (Å²) in [5, 5.41) is 0.334. The van der Waals surface area contributed by atoms with Gasteiger partial charge in [-0.25, -0.2) is 4.79 Å². The molecule has 0 saturated carbocycles. The molecule has 1 heterocycles. The van der Waals surface area contributed by atoms with Crippen molar-refractivity contribution in [3.05, 3.63) is 80.5 Å². The van der Waals surface area contributed by atoms with Gasteiger partial charge >= 0.3 is 17.6 Å². The molecule has 0 amide bonds. The van der Waals surface area contributed by atoms with Crippen molar-refractivity contribution in [2.75, 3.05) is 13.2 Å². The standard InChI is InChI=1S/C24H25BrN2O6/c1-3-32-21(28)15-26-20-11-6-5-10-18(20)22(29)27(24(26)31)14-17-9-7-8-16(12-17)13-19(25)23(30)33-4-2/h5-12,19H,3-4,13-15H2,1-2H3. The van der Waals surface area contributed by atoms with Gasteiger partial charge in [-0.2, -0.15) is 0 Å². The number of fused-ring (bicyclic) bond motifs is 1. The van der Waals surface area contributed by atoms with E-state index in [1.165, 1.54) is 4.57 Å². The smallest absolute Gasteiger partial charge is 0.332 e. The predicted octanol–water partition coefficient (Wildman–Crippen LogP) is 2.64. The van der Waals surface area contributed by atoms with E-state index in [0.29, 0.717) is 29.5 Å². The minimum absolute atomic E-state index is 0.0194. The summed E-state index contributed by atoms with van der Waals surface area (Å²) in [6.07, 6.45) is 0.395. The molecule has 0 radical (unpaired) electrons. The van der Waals surface area contributed by atoms with E-state index in [-0.39, 0.29) is 25.7 Å². The molecule has 0 bridgehead atoms. The quantitative estimate of drug-likeness (QED) is 0.320. The number of nitrogens with zero attached hydrogens (tertiary/aromatic N) is 2. The normalized spacial score (nSPS) is 11.8. The number of benzene rings is 2. The van der Waals surface area contributed by atoms with Crippen LogP contribution in [-0.2, 0) is 38.6 Å². The van der Waals surface area contributed by atoms with Crippen LogP contribution in [0.3, 0.4) is 0 Å². The first-order chi connectivity index (χ1) is 15.8. The van der Waals surface area contributed by atoms with Crippen molar-refractivity contribution >= 4 is 38.8 Å². The molecule has 1 unspecified atom stereocenters. The Morgan fingerprint density at radius 3 is 2.36 bits per heavy atom. The zero-order chi connectivity index (χ0) is 24.0. The number of rotatable bonds is 9. The van der Waals surface area contributed by atoms with Crippen LogP contribution in [0.2, 0.25) is 0 Å². The Labute approximate surface area is 198 Å². The van der Waals surface area contributed by atoms with Gasteiger partial charge in [0.15, 0.2) is 0 Å². The van der Waals surface area contributed by atoms with Crippen LogP contribution >= 0.6 is 15.9 Å². The molecule has 0 aliphatic carbocycles. The highest BCUT2D eigenvalue weighted by Crippen LogP contribution is 2.15. The maximum Gasteiger partial charge on any atom is 0.332 e. The maximum absolute atomic E-state index is 13.2. The molecule has 0 aliphatic rings. The van der Waals surface area contributed by atoms with Gasteiger partial charge in [0.2, 0.25) is 0 Å². The fraction of sp³-hybridized carbons (Fsp3) is 0.333. The van der Waals surface area contributed by atoms with Crippen molar-refractivity contribution in [1.29, 1.82) is 0 Å². The lowest BCUT2D eigenvalue weighted by atomic mass is 10.1. The molecule has 33 heavy (non-hydrogen) atoms. The van der Waals surface area contributed by atoms with Crippen LogP contribution in [0.5, 0.6) is 0 Å². The van der Waals surface area contributed by atoms with Crippen LogP contribution in [-0.4, -0.2) is 39.1 Å². The van der Waals surface area contributed by atoms with Gasteiger partial charge < -0.3 is 9.47 Å². The summed E-state index contributed by atoms with van der Waals surface area (Å²) < 4.78 is 12.4. The monoisotopic (exact) mass is 516 g/mol. The van der Waals surface area contributed by atoms with E-state index in [4.69, 9.17) is 9.47 Å². The molecule has 0 spiro atoms. The Morgan fingerprint density at radius 2 is 1.64 bits per heavy atom. The first kappa shape index (κ1) is 24.4. The maximum atomic E-state index is 13.2. The average Bonchev–Trinajstić information content (AvgIpc) is 2.80. The summed E-state index contributed by atoms with van der Waals surface area (Å²) in [5.74, 6) is -0.908. The number of ether oxygens (including phenoxy) is 2. The second-order valence-corrected chi connectivity index (χ2v) is 8.43. The van der Waals surface area contributed by atoms with Crippen LogP contribution in [0.4, 0.5) is 0 Å². The van der Waals surface area contributed by atoms with Crippen molar-refractivity contribution in [3.63, 3.8) is 0 Å². The van der Waals surface area contributed by atoms with Gasteiger partial charge in [-0.3, -0.25) is 23.5 Å². The Hall–Kier alpha value is -3.20. The molecule has 3 aromatic rings. The van der Waals surface area contributed by atoms with E-state index < -0.39 is 22.0 Å². The molecule has 174 valence electrons. The van der Waals surface area contributed by atoms with Crippen LogP contribution in [0.1, 0.15) is 25.0 Å². The molecular weight excluding hydrogens is 492 g/mol. The summed E-state index contributed by atoms with van der Waals surface area (Å²) in [5.41, 5.74) is 0.909. The molecule has 9 heteroatoms. The number of para-hydroxylation sites is 1. The van der Waals surface area contributed by atoms with Crippen molar-refractivity contribution in [3.8, 4) is 0 Å². The highest BCUT2D eigenvalue weighted by atomic mass is 79.9. The van der Waals surface area contributed by atoms with Crippen molar-refractivity contribution < 1.29 is 19.1 Å². The van der Waals surface area contributed by atoms with Gasteiger partial charge in [0, 0.05) is 0 Å². The first-order valence-corrected chi connectivity index (χ1v) is 11.5. The third-order valence-corrected chi connectivity index (χ3v) is 5.71. The molecule has 0 saturated heterocycles. The number of carbonyl (C=O) groups excluding carboxylic acids is 2. The molecule has 0 aliphatic heterocycles. The molecule has 2 aromatic carbocycles. The first-order valence-electron chi connectivity index (χ1n) is 10.6. The summed E-state index contributed by atoms with van der Waals surface area (Å²) in [6.45, 7) is 3.65. The fourth-order valence-corrected chi connectivity index (χ4v) is 4.07. The van der Waals surface area contributed by atoms with Crippen LogP contribution in [0, 0.1) is 0 Å². The van der Waals surface area contributed by atoms with Crippen molar-refractivity contribution in [2.24, 2.45) is 0 Å². The number of hydrogen-bond acceptors (Lipinski definition) is 6. The van der Waals surface area contributed by atoms with Crippen LogP contribution < -0.4 is 11.2 Å². The van der Waals surface area contributed by atoms with E-state index in [9.17, 15) is 19.2 Å². The minimum atomic E-state index is -0.595. The third kappa shape index (κ3) is 5.78. The van der Waals surface area contributed by atoms with E-state index in [1.807, 2.05) is 12.1 Å². The van der Waals surface area contributed by atoms with Gasteiger partial charge in [0.25, 0.3) is 5.56 Å². The highest BCUT2D eigenvalue weighted by Gasteiger charge is 2.18. The predicted molar refractivity (Wildman–Crippen MR) is 128 cm³/mol. The van der Waals surface area contributed by atoms with E-state index in [1.54, 1.807) is 50.2 Å². The third-order valence-electron chi connectivity index (χ3n) is 5.01. The molecule has 1 aromatic heterocycles. The Morgan fingerprint density at radius 1 is 0.939 bits per heavy atom. The van der Waals surface area contributed by atoms with E-state index in [0.717, 1.165) is 10.1 Å². The summed E-state index contributed by atoms with van der Waals surface area (Å²) in [7, 11) is 0. The lowest BCUT2D eigenvalue weighted by Gasteiger charge is -2.14. The average molecular weight is 517 g/mol. The van der Waals surface area contributed by atoms with Crippen LogP contribution in [0.25, 0.3) is 10.9 Å². The van der Waals surface area contributed by atoms with Crippen molar-refractivity contribution in [1.82, 2.24) is 9.13 Å². The topological polar surface area (TPSA) is 96.6 Å². The van der Waals surface area contributed by atoms with Gasteiger partial charge in [0.05, 0.1) is 30.7 Å². The van der Waals surface area contributed by atoms with Gasteiger partial charge in [0.1, 0.15) is 11.4 Å².